The molecule has 1 atom stereocenters. The highest BCUT2D eigenvalue weighted by atomic mass is 16.3. The summed E-state index contributed by atoms with van der Waals surface area (Å²) in [6.07, 6.45) is 6.00. The van der Waals surface area contributed by atoms with Crippen molar-refractivity contribution in [2.75, 3.05) is 19.6 Å². The molecular formula is C12H22N2O2. The van der Waals surface area contributed by atoms with Crippen molar-refractivity contribution in [2.24, 2.45) is 11.7 Å². The van der Waals surface area contributed by atoms with Crippen LogP contribution in [-0.4, -0.2) is 41.1 Å². The lowest BCUT2D eigenvalue weighted by molar-refractivity contribution is -0.124. The Morgan fingerprint density at radius 2 is 2.06 bits per heavy atom. The van der Waals surface area contributed by atoms with Gasteiger partial charge in [-0.25, -0.2) is 0 Å². The molecule has 0 bridgehead atoms. The molecule has 1 aliphatic carbocycles. The molecule has 92 valence electrons. The summed E-state index contributed by atoms with van der Waals surface area (Å²) >= 11 is 0. The van der Waals surface area contributed by atoms with Gasteiger partial charge in [-0.3, -0.25) is 9.69 Å². The number of carbonyl (C=O) groups is 1. The van der Waals surface area contributed by atoms with Crippen molar-refractivity contribution >= 4 is 5.91 Å². The van der Waals surface area contributed by atoms with Gasteiger partial charge < -0.3 is 10.8 Å². The Balaban J connectivity index is 1.87. The second-order valence-electron chi connectivity index (χ2n) is 5.41. The van der Waals surface area contributed by atoms with E-state index in [0.717, 1.165) is 58.2 Å². The Morgan fingerprint density at radius 1 is 1.38 bits per heavy atom. The summed E-state index contributed by atoms with van der Waals surface area (Å²) in [4.78, 5) is 13.4. The number of aliphatic hydroxyl groups is 1. The average molecular weight is 226 g/mol. The number of nitrogens with zero attached hydrogens (tertiary/aromatic N) is 1. The van der Waals surface area contributed by atoms with Gasteiger partial charge in [0.05, 0.1) is 11.5 Å². The van der Waals surface area contributed by atoms with Crippen LogP contribution in [0.5, 0.6) is 0 Å². The van der Waals surface area contributed by atoms with E-state index in [9.17, 15) is 9.90 Å². The van der Waals surface area contributed by atoms with Gasteiger partial charge in [0.15, 0.2) is 0 Å². The van der Waals surface area contributed by atoms with Crippen molar-refractivity contribution in [3.63, 3.8) is 0 Å². The first-order valence-corrected chi connectivity index (χ1v) is 6.33. The summed E-state index contributed by atoms with van der Waals surface area (Å²) in [5.41, 5.74) is 4.84. The number of amides is 1. The first-order chi connectivity index (χ1) is 7.59. The van der Waals surface area contributed by atoms with E-state index in [4.69, 9.17) is 5.73 Å². The fourth-order valence-electron chi connectivity index (χ4n) is 3.04. The minimum atomic E-state index is -0.500. The summed E-state index contributed by atoms with van der Waals surface area (Å²) in [5, 5.41) is 10.3. The number of β-amino-alcohol motifs (C(OH)–C–C–N with tert-alkyl or cyclic N) is 1. The summed E-state index contributed by atoms with van der Waals surface area (Å²) in [6, 6.07) is 0. The smallest absolute Gasteiger partial charge is 0.221 e. The van der Waals surface area contributed by atoms with Gasteiger partial charge in [-0.1, -0.05) is 12.8 Å². The number of carbonyl (C=O) groups excluding carboxylic acids is 1. The molecule has 0 aromatic heterocycles. The lowest BCUT2D eigenvalue weighted by Crippen LogP contribution is -2.47. The standard InChI is InChI=1S/C12H22N2O2/c13-11(15)10-4-3-7-14(8-10)9-12(16)5-1-2-6-12/h10,16H,1-9H2,(H2,13,15). The fourth-order valence-corrected chi connectivity index (χ4v) is 3.04. The van der Waals surface area contributed by atoms with Crippen LogP contribution in [0.4, 0.5) is 0 Å². The van der Waals surface area contributed by atoms with Gasteiger partial charge in [-0.05, 0) is 32.2 Å². The lowest BCUT2D eigenvalue weighted by Gasteiger charge is -2.36. The van der Waals surface area contributed by atoms with Crippen LogP contribution in [0.3, 0.4) is 0 Å². The molecule has 4 heteroatoms. The molecule has 1 aliphatic heterocycles. The predicted molar refractivity (Wildman–Crippen MR) is 61.8 cm³/mol. The van der Waals surface area contributed by atoms with E-state index < -0.39 is 5.60 Å². The number of primary amides is 1. The normalized spacial score (nSPS) is 30.4. The zero-order valence-electron chi connectivity index (χ0n) is 9.82. The molecule has 3 N–H and O–H groups in total. The van der Waals surface area contributed by atoms with E-state index in [0.29, 0.717) is 0 Å². The highest BCUT2D eigenvalue weighted by Crippen LogP contribution is 2.31. The zero-order valence-corrected chi connectivity index (χ0v) is 9.82. The first-order valence-electron chi connectivity index (χ1n) is 6.33. The average Bonchev–Trinajstić information content (AvgIpc) is 2.65. The van der Waals surface area contributed by atoms with Gasteiger partial charge in [0.25, 0.3) is 0 Å². The summed E-state index contributed by atoms with van der Waals surface area (Å²) in [7, 11) is 0. The predicted octanol–water partition coefficient (Wildman–Crippen LogP) is 0.489. The lowest BCUT2D eigenvalue weighted by atomic mass is 9.94. The van der Waals surface area contributed by atoms with Gasteiger partial charge in [0, 0.05) is 13.1 Å². The third-order valence-electron chi connectivity index (χ3n) is 3.96. The van der Waals surface area contributed by atoms with Crippen molar-refractivity contribution in [1.82, 2.24) is 4.90 Å². The minimum absolute atomic E-state index is 0.0150. The third kappa shape index (κ3) is 2.74. The van der Waals surface area contributed by atoms with Crippen LogP contribution in [0, 0.1) is 5.92 Å². The third-order valence-corrected chi connectivity index (χ3v) is 3.96. The van der Waals surface area contributed by atoms with Crippen LogP contribution in [0.25, 0.3) is 0 Å². The van der Waals surface area contributed by atoms with Crippen LogP contribution in [0.1, 0.15) is 38.5 Å². The van der Waals surface area contributed by atoms with Crippen LogP contribution < -0.4 is 5.73 Å². The molecule has 1 heterocycles. The van der Waals surface area contributed by atoms with Gasteiger partial charge >= 0.3 is 0 Å². The van der Waals surface area contributed by atoms with Crippen LogP contribution in [-0.2, 0) is 4.79 Å². The molecule has 1 saturated heterocycles. The maximum absolute atomic E-state index is 11.2. The zero-order chi connectivity index (χ0) is 11.6. The van der Waals surface area contributed by atoms with E-state index in [2.05, 4.69) is 4.90 Å². The number of rotatable bonds is 3. The van der Waals surface area contributed by atoms with Crippen molar-refractivity contribution < 1.29 is 9.90 Å². The maximum Gasteiger partial charge on any atom is 0.221 e. The topological polar surface area (TPSA) is 66.6 Å². The molecule has 1 unspecified atom stereocenters. The Bertz CT molecular complexity index is 262. The molecule has 4 nitrogen and oxygen atoms in total. The first kappa shape index (κ1) is 11.9. The van der Waals surface area contributed by atoms with E-state index in [1.165, 1.54) is 0 Å². The molecule has 0 spiro atoms. The SMILES string of the molecule is NC(=O)C1CCCN(CC2(O)CCCC2)C1. The number of piperidine rings is 1. The van der Waals surface area contributed by atoms with E-state index in [1.54, 1.807) is 0 Å². The molecular weight excluding hydrogens is 204 g/mol. The Hall–Kier alpha value is -0.610. The minimum Gasteiger partial charge on any atom is -0.389 e. The highest BCUT2D eigenvalue weighted by Gasteiger charge is 2.35. The van der Waals surface area contributed by atoms with Crippen LogP contribution in [0.15, 0.2) is 0 Å². The van der Waals surface area contributed by atoms with E-state index >= 15 is 0 Å². The number of likely N-dealkylation sites (tertiary alicyclic amines) is 1. The van der Waals surface area contributed by atoms with Crippen molar-refractivity contribution in [2.45, 2.75) is 44.1 Å². The van der Waals surface area contributed by atoms with Crippen LogP contribution in [0.2, 0.25) is 0 Å². The molecule has 16 heavy (non-hydrogen) atoms. The summed E-state index contributed by atoms with van der Waals surface area (Å²) in [6.45, 7) is 2.44. The number of hydrogen-bond donors (Lipinski definition) is 2. The fraction of sp³-hybridized carbons (Fsp3) is 0.917. The second kappa shape index (κ2) is 4.72. The molecule has 2 rings (SSSR count). The number of nitrogens with two attached hydrogens (primary N) is 1. The van der Waals surface area contributed by atoms with Gasteiger partial charge in [0.1, 0.15) is 0 Å². The molecule has 2 fully saturated rings. The Labute approximate surface area is 96.8 Å². The van der Waals surface area contributed by atoms with Crippen molar-refractivity contribution in [1.29, 1.82) is 0 Å². The van der Waals surface area contributed by atoms with Gasteiger partial charge in [0.2, 0.25) is 5.91 Å². The van der Waals surface area contributed by atoms with Crippen molar-refractivity contribution in [3.8, 4) is 0 Å². The largest absolute Gasteiger partial charge is 0.389 e. The maximum atomic E-state index is 11.2. The summed E-state index contributed by atoms with van der Waals surface area (Å²) in [5.74, 6) is -0.207. The molecule has 1 saturated carbocycles. The monoisotopic (exact) mass is 226 g/mol. The van der Waals surface area contributed by atoms with Crippen LogP contribution >= 0.6 is 0 Å². The summed E-state index contributed by atoms with van der Waals surface area (Å²) < 4.78 is 0. The molecule has 0 aromatic carbocycles. The van der Waals surface area contributed by atoms with Gasteiger partial charge in [-0.2, -0.15) is 0 Å². The number of hydrogen-bond acceptors (Lipinski definition) is 3. The Morgan fingerprint density at radius 3 is 2.69 bits per heavy atom. The highest BCUT2D eigenvalue weighted by molar-refractivity contribution is 5.76. The molecule has 0 aromatic rings. The molecule has 1 amide bonds. The molecule has 2 aliphatic rings. The van der Waals surface area contributed by atoms with E-state index in [-0.39, 0.29) is 11.8 Å². The van der Waals surface area contributed by atoms with Crippen molar-refractivity contribution in [3.05, 3.63) is 0 Å². The molecule has 0 radical (unpaired) electrons. The van der Waals surface area contributed by atoms with Gasteiger partial charge in [-0.15, -0.1) is 0 Å². The quantitative estimate of drug-likeness (QED) is 0.736. The van der Waals surface area contributed by atoms with E-state index in [1.807, 2.05) is 0 Å². The Kier molecular flexibility index (Phi) is 3.50. The second-order valence-corrected chi connectivity index (χ2v) is 5.41.